The van der Waals surface area contributed by atoms with Crippen LogP contribution in [-0.2, 0) is 9.47 Å². The van der Waals surface area contributed by atoms with Crippen molar-refractivity contribution in [3.05, 3.63) is 63.2 Å². The van der Waals surface area contributed by atoms with E-state index >= 15 is 0 Å². The molecule has 2 atom stereocenters. The monoisotopic (exact) mass is 440 g/mol. The standard InChI is InChI=1S/C26H32O6/c1-30-15-16-31-14-13-19-9-5-6-10-20(27)22-24(28)23(26(29)32-25(19)22)21(18-11-12-18)17-7-3-2-4-8-17/h2-4,7-8,18-19,21,28H,5-6,9-16H2,1H3. The lowest BCUT2D eigenvalue weighted by Crippen LogP contribution is -2.22. The number of carbonyl (C=O) groups excluding carboxylic acids is 1. The summed E-state index contributed by atoms with van der Waals surface area (Å²) in [5.41, 5.74) is 0.892. The van der Waals surface area contributed by atoms with Gasteiger partial charge in [0.2, 0.25) is 0 Å². The summed E-state index contributed by atoms with van der Waals surface area (Å²) in [5.74, 6) is -0.103. The highest BCUT2D eigenvalue weighted by atomic mass is 16.5. The minimum atomic E-state index is -0.527. The zero-order valence-corrected chi connectivity index (χ0v) is 18.7. The van der Waals surface area contributed by atoms with Crippen LogP contribution in [0.15, 0.2) is 39.5 Å². The molecule has 1 saturated carbocycles. The van der Waals surface area contributed by atoms with Crippen LogP contribution in [0.1, 0.15) is 84.0 Å². The van der Waals surface area contributed by atoms with E-state index in [-0.39, 0.29) is 40.4 Å². The molecule has 2 aliphatic carbocycles. The molecule has 0 aliphatic heterocycles. The van der Waals surface area contributed by atoms with Crippen LogP contribution in [0, 0.1) is 5.92 Å². The van der Waals surface area contributed by atoms with E-state index in [2.05, 4.69) is 0 Å². The van der Waals surface area contributed by atoms with Crippen LogP contribution in [0.25, 0.3) is 0 Å². The lowest BCUT2D eigenvalue weighted by atomic mass is 9.82. The minimum Gasteiger partial charge on any atom is -0.506 e. The van der Waals surface area contributed by atoms with E-state index in [0.29, 0.717) is 38.4 Å². The second-order valence-electron chi connectivity index (χ2n) is 8.88. The number of fused-ring (bicyclic) bond motifs is 1. The van der Waals surface area contributed by atoms with Gasteiger partial charge in [-0.2, -0.15) is 0 Å². The molecule has 6 heteroatoms. The van der Waals surface area contributed by atoms with Crippen molar-refractivity contribution in [1.29, 1.82) is 0 Å². The molecule has 0 bridgehead atoms. The van der Waals surface area contributed by atoms with E-state index in [1.165, 1.54) is 0 Å². The molecule has 1 fully saturated rings. The Balaban J connectivity index is 1.73. The number of ketones is 1. The fraction of sp³-hybridized carbons (Fsp3) is 0.538. The molecule has 0 amide bonds. The molecule has 1 N–H and O–H groups in total. The topological polar surface area (TPSA) is 86.0 Å². The van der Waals surface area contributed by atoms with Gasteiger partial charge in [-0.25, -0.2) is 4.79 Å². The molecule has 172 valence electrons. The number of aromatic hydroxyl groups is 1. The Kier molecular flexibility index (Phi) is 7.43. The van der Waals surface area contributed by atoms with Gasteiger partial charge in [-0.1, -0.05) is 36.8 Å². The lowest BCUT2D eigenvalue weighted by Gasteiger charge is -2.24. The molecule has 1 heterocycles. The van der Waals surface area contributed by atoms with Gasteiger partial charge < -0.3 is 19.0 Å². The van der Waals surface area contributed by atoms with Gasteiger partial charge >= 0.3 is 5.63 Å². The van der Waals surface area contributed by atoms with Crippen LogP contribution in [0.4, 0.5) is 0 Å². The van der Waals surface area contributed by atoms with Gasteiger partial charge in [0.05, 0.1) is 24.3 Å². The highest BCUT2D eigenvalue weighted by Gasteiger charge is 2.40. The van der Waals surface area contributed by atoms with Crippen LogP contribution in [0.3, 0.4) is 0 Å². The van der Waals surface area contributed by atoms with Crippen molar-refractivity contribution in [3.8, 4) is 5.75 Å². The minimum absolute atomic E-state index is 0.138. The summed E-state index contributed by atoms with van der Waals surface area (Å²) in [6, 6.07) is 9.74. The molecule has 4 rings (SSSR count). The Morgan fingerprint density at radius 2 is 1.84 bits per heavy atom. The Bertz CT molecular complexity index is 976. The van der Waals surface area contributed by atoms with Gasteiger partial charge in [0.25, 0.3) is 0 Å². The van der Waals surface area contributed by atoms with Crippen LogP contribution in [-0.4, -0.2) is 37.8 Å². The highest BCUT2D eigenvalue weighted by molar-refractivity contribution is 6.00. The van der Waals surface area contributed by atoms with Crippen molar-refractivity contribution in [3.63, 3.8) is 0 Å². The van der Waals surface area contributed by atoms with Gasteiger partial charge in [0.15, 0.2) is 5.78 Å². The Hall–Kier alpha value is -2.44. The average molecular weight is 441 g/mol. The summed E-state index contributed by atoms with van der Waals surface area (Å²) in [4.78, 5) is 26.3. The number of carbonyl (C=O) groups is 1. The van der Waals surface area contributed by atoms with Gasteiger partial charge in [-0.3, -0.25) is 4.79 Å². The maximum absolute atomic E-state index is 13.2. The first-order valence-corrected chi connectivity index (χ1v) is 11.7. The largest absolute Gasteiger partial charge is 0.506 e. The van der Waals surface area contributed by atoms with Crippen LogP contribution in [0.2, 0.25) is 0 Å². The molecule has 2 aliphatic rings. The molecule has 1 aromatic carbocycles. The number of hydrogen-bond donors (Lipinski definition) is 1. The quantitative estimate of drug-likeness (QED) is 0.565. The van der Waals surface area contributed by atoms with Crippen LogP contribution < -0.4 is 5.63 Å². The summed E-state index contributed by atoms with van der Waals surface area (Å²) < 4.78 is 16.5. The van der Waals surface area contributed by atoms with Gasteiger partial charge in [-0.15, -0.1) is 0 Å². The van der Waals surface area contributed by atoms with E-state index in [1.54, 1.807) is 7.11 Å². The van der Waals surface area contributed by atoms with Crippen molar-refractivity contribution < 1.29 is 23.8 Å². The van der Waals surface area contributed by atoms with E-state index in [0.717, 1.165) is 37.7 Å². The molecule has 0 saturated heterocycles. The van der Waals surface area contributed by atoms with Crippen LogP contribution in [0.5, 0.6) is 5.75 Å². The molecule has 6 nitrogen and oxygen atoms in total. The van der Waals surface area contributed by atoms with E-state index in [4.69, 9.17) is 13.9 Å². The molecular formula is C26H32O6. The van der Waals surface area contributed by atoms with E-state index < -0.39 is 5.63 Å². The highest BCUT2D eigenvalue weighted by Crippen LogP contribution is 2.49. The maximum atomic E-state index is 13.2. The first-order valence-electron chi connectivity index (χ1n) is 11.7. The SMILES string of the molecule is COCCOCCC1CCCCC(=O)c2c1oc(=O)c(C(c1ccccc1)C1CC1)c2O. The smallest absolute Gasteiger partial charge is 0.343 e. The zero-order valence-electron chi connectivity index (χ0n) is 18.7. The van der Waals surface area contributed by atoms with Crippen molar-refractivity contribution in [2.75, 3.05) is 26.9 Å². The lowest BCUT2D eigenvalue weighted by molar-refractivity contribution is 0.0653. The second-order valence-corrected chi connectivity index (χ2v) is 8.88. The van der Waals surface area contributed by atoms with Crippen molar-refractivity contribution in [2.45, 2.75) is 56.8 Å². The second kappa shape index (κ2) is 10.5. The van der Waals surface area contributed by atoms with Crippen LogP contribution >= 0.6 is 0 Å². The number of hydrogen-bond acceptors (Lipinski definition) is 6. The van der Waals surface area contributed by atoms with Gasteiger partial charge in [0.1, 0.15) is 11.5 Å². The number of rotatable bonds is 9. The van der Waals surface area contributed by atoms with Gasteiger partial charge in [-0.05, 0) is 43.6 Å². The third-order valence-electron chi connectivity index (χ3n) is 6.62. The molecule has 0 spiro atoms. The van der Waals surface area contributed by atoms with Crippen molar-refractivity contribution in [2.24, 2.45) is 5.92 Å². The third kappa shape index (κ3) is 4.97. The number of benzene rings is 1. The summed E-state index contributed by atoms with van der Waals surface area (Å²) in [6.07, 6.45) is 5.38. The Morgan fingerprint density at radius 1 is 1.06 bits per heavy atom. The average Bonchev–Trinajstić information content (AvgIpc) is 3.62. The molecular weight excluding hydrogens is 408 g/mol. The molecule has 0 radical (unpaired) electrons. The predicted molar refractivity (Wildman–Crippen MR) is 121 cm³/mol. The predicted octanol–water partition coefficient (Wildman–Crippen LogP) is 4.78. The van der Waals surface area contributed by atoms with E-state index in [9.17, 15) is 14.7 Å². The molecule has 32 heavy (non-hydrogen) atoms. The first-order chi connectivity index (χ1) is 15.6. The summed E-state index contributed by atoms with van der Waals surface area (Å²) >= 11 is 0. The summed E-state index contributed by atoms with van der Waals surface area (Å²) in [5, 5.41) is 11.3. The fourth-order valence-corrected chi connectivity index (χ4v) is 4.83. The van der Waals surface area contributed by atoms with Crippen molar-refractivity contribution >= 4 is 5.78 Å². The number of ether oxygens (including phenoxy) is 2. The third-order valence-corrected chi connectivity index (χ3v) is 6.62. The molecule has 2 unspecified atom stereocenters. The van der Waals surface area contributed by atoms with Crippen molar-refractivity contribution in [1.82, 2.24) is 0 Å². The normalized spacial score (nSPS) is 19.8. The fourth-order valence-electron chi connectivity index (χ4n) is 4.83. The van der Waals surface area contributed by atoms with Gasteiger partial charge in [0, 0.05) is 32.0 Å². The number of methoxy groups -OCH3 is 1. The molecule has 1 aromatic heterocycles. The zero-order chi connectivity index (χ0) is 22.5. The molecule has 2 aromatic rings. The maximum Gasteiger partial charge on any atom is 0.343 e. The first kappa shape index (κ1) is 22.7. The Morgan fingerprint density at radius 3 is 2.56 bits per heavy atom. The summed E-state index contributed by atoms with van der Waals surface area (Å²) in [7, 11) is 1.62. The van der Waals surface area contributed by atoms with E-state index in [1.807, 2.05) is 30.3 Å². The number of Topliss-reactive ketones (excluding diaryl/α,β-unsaturated/α-hetero) is 1. The summed E-state index contributed by atoms with van der Waals surface area (Å²) in [6.45, 7) is 1.48. The Labute approximate surface area is 188 Å².